The third-order valence-electron chi connectivity index (χ3n) is 4.03. The van der Waals surface area contributed by atoms with Crippen LogP contribution in [0.15, 0.2) is 29.3 Å². The SMILES string of the molecule is CCNC(=NCc1ccc(O)cc1)N1CCS(=O)(=O)C(C)(C)C1.I. The summed E-state index contributed by atoms with van der Waals surface area (Å²) in [4.78, 5) is 6.61. The third-order valence-corrected chi connectivity index (χ3v) is 6.56. The first-order valence-corrected chi connectivity index (χ1v) is 9.44. The second-order valence-corrected chi connectivity index (χ2v) is 9.08. The zero-order chi connectivity index (χ0) is 17.1. The highest BCUT2D eigenvalue weighted by Crippen LogP contribution is 2.23. The lowest BCUT2D eigenvalue weighted by Crippen LogP contribution is -2.57. The largest absolute Gasteiger partial charge is 0.508 e. The molecule has 6 nitrogen and oxygen atoms in total. The summed E-state index contributed by atoms with van der Waals surface area (Å²) < 4.78 is 23.5. The number of aliphatic imine (C=N–C) groups is 1. The van der Waals surface area contributed by atoms with Crippen molar-refractivity contribution < 1.29 is 13.5 Å². The van der Waals surface area contributed by atoms with Gasteiger partial charge in [-0.15, -0.1) is 24.0 Å². The number of hydrogen-bond acceptors (Lipinski definition) is 4. The summed E-state index contributed by atoms with van der Waals surface area (Å²) in [6, 6.07) is 6.92. The smallest absolute Gasteiger partial charge is 0.194 e. The molecule has 0 spiro atoms. The lowest BCUT2D eigenvalue weighted by molar-refractivity contribution is 0.353. The van der Waals surface area contributed by atoms with Crippen molar-refractivity contribution in [1.82, 2.24) is 10.2 Å². The number of aromatic hydroxyl groups is 1. The molecule has 1 aliphatic heterocycles. The van der Waals surface area contributed by atoms with Crippen molar-refractivity contribution in [3.8, 4) is 5.75 Å². The van der Waals surface area contributed by atoms with Gasteiger partial charge in [-0.25, -0.2) is 13.4 Å². The van der Waals surface area contributed by atoms with Crippen LogP contribution in [0.3, 0.4) is 0 Å². The van der Waals surface area contributed by atoms with Crippen LogP contribution in [-0.4, -0.2) is 54.5 Å². The Bertz CT molecular complexity index is 672. The van der Waals surface area contributed by atoms with Gasteiger partial charge in [-0.2, -0.15) is 0 Å². The number of halogens is 1. The fraction of sp³-hybridized carbons (Fsp3) is 0.562. The Balaban J connectivity index is 0.00000288. The highest BCUT2D eigenvalue weighted by Gasteiger charge is 2.40. The predicted molar refractivity (Wildman–Crippen MR) is 108 cm³/mol. The minimum absolute atomic E-state index is 0. The molecule has 1 aliphatic rings. The number of nitrogens with zero attached hydrogens (tertiary/aromatic N) is 2. The molecule has 136 valence electrons. The maximum Gasteiger partial charge on any atom is 0.194 e. The number of rotatable bonds is 3. The molecule has 2 rings (SSSR count). The molecule has 1 heterocycles. The van der Waals surface area contributed by atoms with Crippen LogP contribution in [0.5, 0.6) is 5.75 Å². The zero-order valence-electron chi connectivity index (χ0n) is 14.3. The Kier molecular flexibility index (Phi) is 7.33. The van der Waals surface area contributed by atoms with E-state index in [1.807, 2.05) is 24.0 Å². The molecule has 0 saturated carbocycles. The Morgan fingerprint density at radius 2 is 1.96 bits per heavy atom. The van der Waals surface area contributed by atoms with E-state index in [4.69, 9.17) is 0 Å². The molecule has 1 aromatic rings. The standard InChI is InChI=1S/C16H25N3O3S.HI/c1-4-17-15(18-11-13-5-7-14(20)8-6-13)19-9-10-23(21,22)16(2,3)12-19;/h5-8,20H,4,9-12H2,1-3H3,(H,17,18);1H. The third kappa shape index (κ3) is 4.98. The van der Waals surface area contributed by atoms with E-state index >= 15 is 0 Å². The van der Waals surface area contributed by atoms with E-state index in [-0.39, 0.29) is 35.5 Å². The van der Waals surface area contributed by atoms with E-state index in [2.05, 4.69) is 10.3 Å². The molecule has 1 saturated heterocycles. The van der Waals surface area contributed by atoms with Crippen LogP contribution in [0.2, 0.25) is 0 Å². The van der Waals surface area contributed by atoms with Crippen molar-refractivity contribution in [1.29, 1.82) is 0 Å². The lowest BCUT2D eigenvalue weighted by Gasteiger charge is -2.39. The molecule has 0 bridgehead atoms. The maximum absolute atomic E-state index is 12.1. The Labute approximate surface area is 161 Å². The second kappa shape index (κ2) is 8.37. The van der Waals surface area contributed by atoms with Crippen molar-refractivity contribution >= 4 is 39.8 Å². The normalized spacial score (nSPS) is 19.5. The first kappa shape index (κ1) is 21.0. The van der Waals surface area contributed by atoms with Crippen LogP contribution in [0.4, 0.5) is 0 Å². The summed E-state index contributed by atoms with van der Waals surface area (Å²) in [5.41, 5.74) is 0.988. The van der Waals surface area contributed by atoms with Gasteiger partial charge in [-0.3, -0.25) is 0 Å². The van der Waals surface area contributed by atoms with Crippen molar-refractivity contribution in [2.45, 2.75) is 32.1 Å². The summed E-state index contributed by atoms with van der Waals surface area (Å²) in [6.45, 7) is 7.59. The van der Waals surface area contributed by atoms with E-state index < -0.39 is 14.6 Å². The number of sulfone groups is 1. The predicted octanol–water partition coefficient (Wildman–Crippen LogP) is 1.98. The number of nitrogens with one attached hydrogen (secondary N) is 1. The number of benzene rings is 1. The molecule has 0 aliphatic carbocycles. The monoisotopic (exact) mass is 467 g/mol. The first-order valence-electron chi connectivity index (χ1n) is 7.78. The summed E-state index contributed by atoms with van der Waals surface area (Å²) in [5, 5.41) is 12.5. The summed E-state index contributed by atoms with van der Waals surface area (Å²) in [6.07, 6.45) is 0. The number of phenols is 1. The highest BCUT2D eigenvalue weighted by molar-refractivity contribution is 14.0. The minimum Gasteiger partial charge on any atom is -0.508 e. The van der Waals surface area contributed by atoms with Crippen LogP contribution in [0.25, 0.3) is 0 Å². The molecule has 2 N–H and O–H groups in total. The van der Waals surface area contributed by atoms with Crippen LogP contribution in [0, 0.1) is 0 Å². The molecule has 1 fully saturated rings. The first-order chi connectivity index (χ1) is 10.7. The fourth-order valence-electron chi connectivity index (χ4n) is 2.52. The van der Waals surface area contributed by atoms with Crippen LogP contribution >= 0.6 is 24.0 Å². The topological polar surface area (TPSA) is 82.0 Å². The van der Waals surface area contributed by atoms with E-state index in [1.54, 1.807) is 26.0 Å². The quantitative estimate of drug-likeness (QED) is 0.404. The second-order valence-electron chi connectivity index (χ2n) is 6.34. The Morgan fingerprint density at radius 3 is 2.50 bits per heavy atom. The highest BCUT2D eigenvalue weighted by atomic mass is 127. The maximum atomic E-state index is 12.1. The van der Waals surface area contributed by atoms with Gasteiger partial charge in [0, 0.05) is 19.6 Å². The van der Waals surface area contributed by atoms with E-state index in [0.29, 0.717) is 19.6 Å². The van der Waals surface area contributed by atoms with Gasteiger partial charge in [0.1, 0.15) is 5.75 Å². The molecule has 8 heteroatoms. The van der Waals surface area contributed by atoms with Gasteiger partial charge >= 0.3 is 0 Å². The molecule has 1 aromatic carbocycles. The van der Waals surface area contributed by atoms with Gasteiger partial charge in [0.15, 0.2) is 15.8 Å². The van der Waals surface area contributed by atoms with Gasteiger partial charge in [0.2, 0.25) is 0 Å². The van der Waals surface area contributed by atoms with Gasteiger partial charge < -0.3 is 15.3 Å². The van der Waals surface area contributed by atoms with Crippen molar-refractivity contribution in [3.63, 3.8) is 0 Å². The number of phenolic OH excluding ortho intramolecular Hbond substituents is 1. The van der Waals surface area contributed by atoms with Gasteiger partial charge in [-0.05, 0) is 38.5 Å². The molecular weight excluding hydrogens is 441 g/mol. The Hall–Kier alpha value is -1.03. The van der Waals surface area contributed by atoms with Crippen molar-refractivity contribution in [3.05, 3.63) is 29.8 Å². The van der Waals surface area contributed by atoms with E-state index in [0.717, 1.165) is 18.1 Å². The summed E-state index contributed by atoms with van der Waals surface area (Å²) in [5.74, 6) is 1.10. The van der Waals surface area contributed by atoms with E-state index in [9.17, 15) is 13.5 Å². The van der Waals surface area contributed by atoms with Crippen LogP contribution in [0.1, 0.15) is 26.3 Å². The molecule has 0 atom stereocenters. The lowest BCUT2D eigenvalue weighted by atomic mass is 10.2. The van der Waals surface area contributed by atoms with E-state index in [1.165, 1.54) is 0 Å². The molecule has 0 radical (unpaired) electrons. The fourth-order valence-corrected chi connectivity index (χ4v) is 3.88. The Morgan fingerprint density at radius 1 is 1.33 bits per heavy atom. The molecule has 0 unspecified atom stereocenters. The summed E-state index contributed by atoms with van der Waals surface area (Å²) >= 11 is 0. The molecule has 0 amide bonds. The van der Waals surface area contributed by atoms with Gasteiger partial charge in [0.05, 0.1) is 17.0 Å². The molecule has 0 aromatic heterocycles. The summed E-state index contributed by atoms with van der Waals surface area (Å²) in [7, 11) is -3.07. The van der Waals surface area contributed by atoms with Gasteiger partial charge in [-0.1, -0.05) is 12.1 Å². The van der Waals surface area contributed by atoms with Gasteiger partial charge in [0.25, 0.3) is 0 Å². The van der Waals surface area contributed by atoms with Crippen molar-refractivity contribution in [2.75, 3.05) is 25.4 Å². The average Bonchev–Trinajstić information content (AvgIpc) is 2.48. The molecular formula is C16H26IN3O3S. The zero-order valence-corrected chi connectivity index (χ0v) is 17.5. The van der Waals surface area contributed by atoms with Crippen LogP contribution in [-0.2, 0) is 16.4 Å². The van der Waals surface area contributed by atoms with Crippen molar-refractivity contribution in [2.24, 2.45) is 4.99 Å². The molecule has 24 heavy (non-hydrogen) atoms. The van der Waals surface area contributed by atoms with Crippen LogP contribution < -0.4 is 5.32 Å². The number of hydrogen-bond donors (Lipinski definition) is 2. The number of guanidine groups is 1. The minimum atomic E-state index is -3.07. The average molecular weight is 467 g/mol.